The van der Waals surface area contributed by atoms with E-state index >= 15 is 0 Å². The predicted molar refractivity (Wildman–Crippen MR) is 89.6 cm³/mol. The van der Waals surface area contributed by atoms with Gasteiger partial charge in [0.15, 0.2) is 0 Å². The quantitative estimate of drug-likeness (QED) is 0.762. The highest BCUT2D eigenvalue weighted by atomic mass is 32.2. The Morgan fingerprint density at radius 1 is 1.17 bits per heavy atom. The Kier molecular flexibility index (Phi) is 6.59. The van der Waals surface area contributed by atoms with Gasteiger partial charge in [0.25, 0.3) is 0 Å². The molecule has 2 rings (SSSR count). The summed E-state index contributed by atoms with van der Waals surface area (Å²) < 4.78 is 26.3. The maximum absolute atomic E-state index is 13.5. The first kappa shape index (κ1) is 17.5. The molecule has 2 aromatic rings. The van der Waals surface area contributed by atoms with Gasteiger partial charge in [-0.3, -0.25) is 4.79 Å². The van der Waals surface area contributed by atoms with E-state index in [1.54, 1.807) is 0 Å². The number of carbonyl (C=O) groups excluding carboxylic acids is 1. The Balaban J connectivity index is 1.82. The van der Waals surface area contributed by atoms with Crippen LogP contribution in [0.3, 0.4) is 0 Å². The van der Waals surface area contributed by atoms with Gasteiger partial charge in [-0.1, -0.05) is 37.3 Å². The van der Waals surface area contributed by atoms with Crippen molar-refractivity contribution in [3.63, 3.8) is 0 Å². The third-order valence-corrected chi connectivity index (χ3v) is 4.61. The summed E-state index contributed by atoms with van der Waals surface area (Å²) in [6, 6.07) is 13.4. The van der Waals surface area contributed by atoms with Gasteiger partial charge in [0.05, 0.1) is 5.75 Å². The van der Waals surface area contributed by atoms with E-state index in [2.05, 4.69) is 12.2 Å². The molecule has 0 radical (unpaired) electrons. The molecule has 2 nitrogen and oxygen atoms in total. The van der Waals surface area contributed by atoms with Crippen LogP contribution in [0.25, 0.3) is 0 Å². The van der Waals surface area contributed by atoms with Crippen LogP contribution in [0.1, 0.15) is 24.8 Å². The fraction of sp³-hybridized carbons (Fsp3) is 0.278. The first-order chi connectivity index (χ1) is 11.1. The van der Waals surface area contributed by atoms with Crippen molar-refractivity contribution in [1.82, 2.24) is 5.32 Å². The molecule has 1 amide bonds. The van der Waals surface area contributed by atoms with E-state index in [4.69, 9.17) is 0 Å². The van der Waals surface area contributed by atoms with Crippen LogP contribution in [-0.4, -0.2) is 18.2 Å². The lowest BCUT2D eigenvalue weighted by atomic mass is 9.96. The van der Waals surface area contributed by atoms with Gasteiger partial charge in [-0.2, -0.15) is 0 Å². The molecule has 5 heteroatoms. The van der Waals surface area contributed by atoms with Crippen molar-refractivity contribution in [2.45, 2.75) is 24.2 Å². The zero-order chi connectivity index (χ0) is 16.7. The molecule has 0 aromatic heterocycles. The lowest BCUT2D eigenvalue weighted by molar-refractivity contribution is -0.118. The molecule has 122 valence electrons. The number of hydrogen-bond acceptors (Lipinski definition) is 2. The molecule has 0 heterocycles. The van der Waals surface area contributed by atoms with Crippen molar-refractivity contribution in [3.8, 4) is 0 Å². The number of hydrogen-bond donors (Lipinski definition) is 1. The number of benzene rings is 2. The first-order valence-corrected chi connectivity index (χ1v) is 8.48. The molecule has 0 spiro atoms. The topological polar surface area (TPSA) is 29.1 Å². The Bertz CT molecular complexity index is 649. The average molecular weight is 335 g/mol. The number of amides is 1. The Morgan fingerprint density at radius 3 is 2.57 bits per heavy atom. The molecule has 2 aromatic carbocycles. The summed E-state index contributed by atoms with van der Waals surface area (Å²) in [5.41, 5.74) is 1.19. The summed E-state index contributed by atoms with van der Waals surface area (Å²) in [4.78, 5) is 12.2. The summed E-state index contributed by atoms with van der Waals surface area (Å²) in [7, 11) is 0. The van der Waals surface area contributed by atoms with E-state index in [1.807, 2.05) is 30.3 Å². The van der Waals surface area contributed by atoms with Gasteiger partial charge in [0.1, 0.15) is 11.6 Å². The zero-order valence-corrected chi connectivity index (χ0v) is 13.7. The van der Waals surface area contributed by atoms with Crippen LogP contribution < -0.4 is 5.32 Å². The van der Waals surface area contributed by atoms with Gasteiger partial charge < -0.3 is 5.32 Å². The van der Waals surface area contributed by atoms with E-state index in [1.165, 1.54) is 17.7 Å². The molecule has 0 bridgehead atoms. The molecule has 1 unspecified atom stereocenters. The van der Waals surface area contributed by atoms with Gasteiger partial charge in [0, 0.05) is 23.4 Å². The number of halogens is 2. The number of thioether (sulfide) groups is 1. The third kappa shape index (κ3) is 5.36. The van der Waals surface area contributed by atoms with Gasteiger partial charge in [-0.25, -0.2) is 8.78 Å². The number of carbonyl (C=O) groups is 1. The smallest absolute Gasteiger partial charge is 0.230 e. The van der Waals surface area contributed by atoms with Gasteiger partial charge in [0.2, 0.25) is 5.91 Å². The van der Waals surface area contributed by atoms with Gasteiger partial charge in [-0.05, 0) is 24.1 Å². The Hall–Kier alpha value is -1.88. The van der Waals surface area contributed by atoms with Crippen molar-refractivity contribution in [2.75, 3.05) is 12.3 Å². The molecule has 23 heavy (non-hydrogen) atoms. The predicted octanol–water partition coefficient (Wildman–Crippen LogP) is 4.37. The maximum atomic E-state index is 13.5. The summed E-state index contributed by atoms with van der Waals surface area (Å²) >= 11 is 1.07. The zero-order valence-electron chi connectivity index (χ0n) is 12.9. The standard InChI is InChI=1S/C18H19F2NOS/c1-2-13(14-6-4-3-5-7-14)11-21-18(22)12-23-17-9-8-15(19)10-16(17)20/h3-10,13H,2,11-12H2,1H3,(H,21,22). The van der Waals surface area contributed by atoms with Crippen LogP contribution in [0.15, 0.2) is 53.4 Å². The van der Waals surface area contributed by atoms with Crippen molar-refractivity contribution < 1.29 is 13.6 Å². The fourth-order valence-corrected chi connectivity index (χ4v) is 3.00. The van der Waals surface area contributed by atoms with Crippen LogP contribution in [0, 0.1) is 11.6 Å². The molecule has 0 saturated carbocycles. The van der Waals surface area contributed by atoms with Crippen molar-refractivity contribution >= 4 is 17.7 Å². The molecular formula is C18H19F2NOS. The lowest BCUT2D eigenvalue weighted by Gasteiger charge is -2.16. The lowest BCUT2D eigenvalue weighted by Crippen LogP contribution is -2.29. The van der Waals surface area contributed by atoms with E-state index in [-0.39, 0.29) is 22.5 Å². The van der Waals surface area contributed by atoms with Gasteiger partial charge in [-0.15, -0.1) is 11.8 Å². The van der Waals surface area contributed by atoms with Crippen LogP contribution in [0.4, 0.5) is 8.78 Å². The fourth-order valence-electron chi connectivity index (χ4n) is 2.25. The van der Waals surface area contributed by atoms with E-state index in [0.29, 0.717) is 6.54 Å². The molecule has 0 fully saturated rings. The van der Waals surface area contributed by atoms with Crippen molar-refractivity contribution in [2.24, 2.45) is 0 Å². The molecule has 1 atom stereocenters. The number of nitrogens with one attached hydrogen (secondary N) is 1. The van der Waals surface area contributed by atoms with Crippen LogP contribution in [-0.2, 0) is 4.79 Å². The third-order valence-electron chi connectivity index (χ3n) is 3.56. The minimum Gasteiger partial charge on any atom is -0.355 e. The first-order valence-electron chi connectivity index (χ1n) is 7.49. The second-order valence-corrected chi connectivity index (χ2v) is 6.20. The summed E-state index contributed by atoms with van der Waals surface area (Å²) in [6.07, 6.45) is 0.921. The van der Waals surface area contributed by atoms with Gasteiger partial charge >= 0.3 is 0 Å². The summed E-state index contributed by atoms with van der Waals surface area (Å²) in [5, 5.41) is 2.88. The molecule has 1 N–H and O–H groups in total. The van der Waals surface area contributed by atoms with Crippen LogP contribution >= 0.6 is 11.8 Å². The highest BCUT2D eigenvalue weighted by molar-refractivity contribution is 8.00. The second-order valence-electron chi connectivity index (χ2n) is 5.18. The normalized spacial score (nSPS) is 12.0. The molecular weight excluding hydrogens is 316 g/mol. The molecule has 0 aliphatic rings. The van der Waals surface area contributed by atoms with E-state index in [9.17, 15) is 13.6 Å². The van der Waals surface area contributed by atoms with Crippen molar-refractivity contribution in [1.29, 1.82) is 0 Å². The minimum atomic E-state index is -0.640. The monoisotopic (exact) mass is 335 g/mol. The summed E-state index contributed by atoms with van der Waals surface area (Å²) in [5.74, 6) is -1.06. The largest absolute Gasteiger partial charge is 0.355 e. The average Bonchev–Trinajstić information content (AvgIpc) is 2.55. The van der Waals surface area contributed by atoms with E-state index in [0.717, 1.165) is 24.2 Å². The minimum absolute atomic E-state index is 0.105. The summed E-state index contributed by atoms with van der Waals surface area (Å²) in [6.45, 7) is 2.62. The van der Waals surface area contributed by atoms with Crippen LogP contribution in [0.2, 0.25) is 0 Å². The van der Waals surface area contributed by atoms with Crippen LogP contribution in [0.5, 0.6) is 0 Å². The molecule has 0 saturated heterocycles. The molecule has 0 aliphatic heterocycles. The molecule has 0 aliphatic carbocycles. The SMILES string of the molecule is CCC(CNC(=O)CSc1ccc(F)cc1F)c1ccccc1. The maximum Gasteiger partial charge on any atom is 0.230 e. The Morgan fingerprint density at radius 2 is 1.91 bits per heavy atom. The van der Waals surface area contributed by atoms with E-state index < -0.39 is 11.6 Å². The second kappa shape index (κ2) is 8.67. The Labute approximate surface area is 139 Å². The highest BCUT2D eigenvalue weighted by Gasteiger charge is 2.12. The highest BCUT2D eigenvalue weighted by Crippen LogP contribution is 2.22. The number of rotatable bonds is 7. The van der Waals surface area contributed by atoms with Crippen molar-refractivity contribution in [3.05, 3.63) is 65.7 Å².